The van der Waals surface area contributed by atoms with Gasteiger partial charge in [0.15, 0.2) is 0 Å². The molecule has 0 heterocycles. The Hall–Kier alpha value is -1.05. The largest absolute Gasteiger partial charge is 0.481 e. The van der Waals surface area contributed by atoms with Gasteiger partial charge in [-0.1, -0.05) is 31.6 Å². The van der Waals surface area contributed by atoms with Crippen molar-refractivity contribution in [1.29, 1.82) is 0 Å². The smallest absolute Gasteiger partial charge is 0.300 e. The van der Waals surface area contributed by atoms with Crippen LogP contribution in [0.4, 0.5) is 0 Å². The fourth-order valence-electron chi connectivity index (χ4n) is 0.855. The van der Waals surface area contributed by atoms with E-state index in [9.17, 15) is 0 Å². The summed E-state index contributed by atoms with van der Waals surface area (Å²) in [6, 6.07) is 0. The van der Waals surface area contributed by atoms with Crippen molar-refractivity contribution in [2.45, 2.75) is 47.0 Å². The first kappa shape index (κ1) is 16.4. The molecule has 0 bridgehead atoms. The van der Waals surface area contributed by atoms with Crippen LogP contribution in [0.2, 0.25) is 0 Å². The first-order valence-electron chi connectivity index (χ1n) is 5.41. The Morgan fingerprint density at radius 3 is 2.27 bits per heavy atom. The topological polar surface area (TPSA) is 37.3 Å². The number of allylic oxidation sites excluding steroid dienone is 3. The van der Waals surface area contributed by atoms with E-state index in [0.717, 1.165) is 6.92 Å². The van der Waals surface area contributed by atoms with Gasteiger partial charge in [-0.3, -0.25) is 4.79 Å². The highest BCUT2D eigenvalue weighted by Gasteiger charge is 1.92. The van der Waals surface area contributed by atoms with Gasteiger partial charge in [-0.2, -0.15) is 0 Å². The van der Waals surface area contributed by atoms with E-state index < -0.39 is 5.97 Å². The molecule has 0 aliphatic carbocycles. The minimum Gasteiger partial charge on any atom is -0.481 e. The molecule has 0 spiro atoms. The van der Waals surface area contributed by atoms with E-state index in [2.05, 4.69) is 33.4 Å². The van der Waals surface area contributed by atoms with Crippen molar-refractivity contribution in [2.24, 2.45) is 5.92 Å². The molecule has 0 aromatic carbocycles. The standard InChI is InChI=1S/C11H20.C2H4O2/c1-5-10(3)8-7-9-11(4)6-2;1-2(3)4/h5,9-10H,1,6-8H2,2-4H3;1H3,(H,3,4). The maximum absolute atomic E-state index is 9.00. The van der Waals surface area contributed by atoms with E-state index in [1.807, 2.05) is 6.08 Å². The predicted molar refractivity (Wildman–Crippen MR) is 66.0 cm³/mol. The van der Waals surface area contributed by atoms with Crippen molar-refractivity contribution in [3.05, 3.63) is 24.3 Å². The Kier molecular flexibility index (Phi) is 12.0. The molecule has 0 rings (SSSR count). The molecule has 0 radical (unpaired) electrons. The second-order valence-electron chi connectivity index (χ2n) is 3.71. The fraction of sp³-hybridized carbons (Fsp3) is 0.615. The molecule has 15 heavy (non-hydrogen) atoms. The molecule has 1 atom stereocenters. The molecule has 88 valence electrons. The summed E-state index contributed by atoms with van der Waals surface area (Å²) in [7, 11) is 0. The Labute approximate surface area is 93.7 Å². The number of hydrogen-bond acceptors (Lipinski definition) is 1. The average Bonchev–Trinajstić information content (AvgIpc) is 2.16. The molecule has 0 amide bonds. The van der Waals surface area contributed by atoms with Crippen molar-refractivity contribution >= 4 is 5.97 Å². The molecule has 1 unspecified atom stereocenters. The summed E-state index contributed by atoms with van der Waals surface area (Å²) in [5.41, 5.74) is 1.50. The summed E-state index contributed by atoms with van der Waals surface area (Å²) in [5, 5.41) is 7.42. The van der Waals surface area contributed by atoms with E-state index in [4.69, 9.17) is 9.90 Å². The Morgan fingerprint density at radius 1 is 1.47 bits per heavy atom. The van der Waals surface area contributed by atoms with Gasteiger partial charge in [0.05, 0.1) is 0 Å². The number of rotatable bonds is 5. The van der Waals surface area contributed by atoms with Crippen LogP contribution >= 0.6 is 0 Å². The molecule has 0 aromatic heterocycles. The molecule has 1 N–H and O–H groups in total. The number of carbonyl (C=O) groups is 1. The Morgan fingerprint density at radius 2 is 1.93 bits per heavy atom. The summed E-state index contributed by atoms with van der Waals surface area (Å²) in [4.78, 5) is 9.00. The number of carboxylic acids is 1. The zero-order valence-corrected chi connectivity index (χ0v) is 10.4. The van der Waals surface area contributed by atoms with Gasteiger partial charge in [0.2, 0.25) is 0 Å². The quantitative estimate of drug-likeness (QED) is 0.698. The zero-order chi connectivity index (χ0) is 12.3. The highest BCUT2D eigenvalue weighted by molar-refractivity contribution is 5.62. The van der Waals surface area contributed by atoms with Gasteiger partial charge in [0, 0.05) is 6.92 Å². The van der Waals surface area contributed by atoms with Crippen LogP contribution in [0.3, 0.4) is 0 Å². The molecule has 0 saturated carbocycles. The van der Waals surface area contributed by atoms with Crippen LogP contribution < -0.4 is 0 Å². The fourth-order valence-corrected chi connectivity index (χ4v) is 0.855. The molecule has 0 saturated heterocycles. The maximum atomic E-state index is 9.00. The van der Waals surface area contributed by atoms with Crippen LogP contribution in [0.5, 0.6) is 0 Å². The highest BCUT2D eigenvalue weighted by atomic mass is 16.4. The van der Waals surface area contributed by atoms with Crippen LogP contribution in [0.15, 0.2) is 24.3 Å². The third-order valence-electron chi connectivity index (χ3n) is 2.07. The van der Waals surface area contributed by atoms with Gasteiger partial charge in [-0.25, -0.2) is 0 Å². The van der Waals surface area contributed by atoms with E-state index >= 15 is 0 Å². The molecular weight excluding hydrogens is 188 g/mol. The van der Waals surface area contributed by atoms with Crippen molar-refractivity contribution < 1.29 is 9.90 Å². The second kappa shape index (κ2) is 11.0. The van der Waals surface area contributed by atoms with E-state index in [-0.39, 0.29) is 0 Å². The van der Waals surface area contributed by atoms with Crippen LogP contribution in [-0.4, -0.2) is 11.1 Å². The van der Waals surface area contributed by atoms with Crippen molar-refractivity contribution in [3.63, 3.8) is 0 Å². The van der Waals surface area contributed by atoms with Crippen molar-refractivity contribution in [1.82, 2.24) is 0 Å². The molecule has 2 heteroatoms. The zero-order valence-electron chi connectivity index (χ0n) is 10.4. The molecule has 0 aliphatic heterocycles. The van der Waals surface area contributed by atoms with Gasteiger partial charge in [0.1, 0.15) is 0 Å². The summed E-state index contributed by atoms with van der Waals surface area (Å²) in [6.07, 6.45) is 7.98. The minimum absolute atomic E-state index is 0.663. The van der Waals surface area contributed by atoms with Gasteiger partial charge < -0.3 is 5.11 Å². The lowest BCUT2D eigenvalue weighted by Gasteiger charge is -2.02. The van der Waals surface area contributed by atoms with E-state index in [1.165, 1.54) is 24.8 Å². The minimum atomic E-state index is -0.833. The average molecular weight is 212 g/mol. The molecular formula is C13H24O2. The lowest BCUT2D eigenvalue weighted by Crippen LogP contribution is -1.86. The predicted octanol–water partition coefficient (Wildman–Crippen LogP) is 4.04. The lowest BCUT2D eigenvalue weighted by molar-refractivity contribution is -0.134. The van der Waals surface area contributed by atoms with Crippen molar-refractivity contribution in [3.8, 4) is 0 Å². The van der Waals surface area contributed by atoms with Gasteiger partial charge in [-0.05, 0) is 32.1 Å². The SMILES string of the molecule is C=CC(C)CCC=C(C)CC.CC(=O)O. The van der Waals surface area contributed by atoms with Gasteiger partial charge in [0.25, 0.3) is 5.97 Å². The third-order valence-corrected chi connectivity index (χ3v) is 2.07. The summed E-state index contributed by atoms with van der Waals surface area (Å²) < 4.78 is 0. The monoisotopic (exact) mass is 212 g/mol. The first-order chi connectivity index (χ1) is 6.93. The lowest BCUT2D eigenvalue weighted by atomic mass is 10.0. The van der Waals surface area contributed by atoms with Crippen LogP contribution in [0.1, 0.15) is 47.0 Å². The number of carboxylic acid groups (broad SMARTS) is 1. The van der Waals surface area contributed by atoms with E-state index in [0.29, 0.717) is 5.92 Å². The molecule has 0 aliphatic rings. The summed E-state index contributed by atoms with van der Waals surface area (Å²) in [6.45, 7) is 11.4. The van der Waals surface area contributed by atoms with E-state index in [1.54, 1.807) is 0 Å². The van der Waals surface area contributed by atoms with Gasteiger partial charge >= 0.3 is 0 Å². The van der Waals surface area contributed by atoms with Crippen LogP contribution in [0, 0.1) is 5.92 Å². The number of hydrogen-bond donors (Lipinski definition) is 1. The Bertz CT molecular complexity index is 201. The maximum Gasteiger partial charge on any atom is 0.300 e. The van der Waals surface area contributed by atoms with Gasteiger partial charge in [-0.15, -0.1) is 6.58 Å². The molecule has 2 nitrogen and oxygen atoms in total. The van der Waals surface area contributed by atoms with Crippen LogP contribution in [-0.2, 0) is 4.79 Å². The summed E-state index contributed by atoms with van der Waals surface area (Å²) in [5.74, 6) is -0.170. The molecule has 0 fully saturated rings. The Balaban J connectivity index is 0. The second-order valence-corrected chi connectivity index (χ2v) is 3.71. The van der Waals surface area contributed by atoms with Crippen molar-refractivity contribution in [2.75, 3.05) is 0 Å². The first-order valence-corrected chi connectivity index (χ1v) is 5.41. The number of aliphatic carboxylic acids is 1. The van der Waals surface area contributed by atoms with Crippen LogP contribution in [0.25, 0.3) is 0 Å². The summed E-state index contributed by atoms with van der Waals surface area (Å²) >= 11 is 0. The molecule has 0 aromatic rings. The third kappa shape index (κ3) is 19.4. The normalized spacial score (nSPS) is 12.4. The highest BCUT2D eigenvalue weighted by Crippen LogP contribution is 2.09.